The predicted octanol–water partition coefficient (Wildman–Crippen LogP) is 3.07. The molecule has 2 aromatic rings. The quantitative estimate of drug-likeness (QED) is 0.435. The van der Waals surface area contributed by atoms with Gasteiger partial charge in [0.05, 0.1) is 51.4 Å². The lowest BCUT2D eigenvalue weighted by atomic mass is 9.74. The lowest BCUT2D eigenvalue weighted by Crippen LogP contribution is -2.34. The summed E-state index contributed by atoms with van der Waals surface area (Å²) in [5.41, 5.74) is 3.69. The molecule has 0 bridgehead atoms. The molecule has 0 saturated heterocycles. The van der Waals surface area contributed by atoms with Crippen molar-refractivity contribution in [1.82, 2.24) is 4.98 Å². The number of hydrogen-bond donors (Lipinski definition) is 3. The molecule has 1 saturated carbocycles. The number of aromatic nitrogens is 1. The molecule has 38 heavy (non-hydrogen) atoms. The maximum Gasteiger partial charge on any atom is 0.328 e. The Morgan fingerprint density at radius 1 is 0.947 bits per heavy atom. The van der Waals surface area contributed by atoms with Crippen molar-refractivity contribution in [3.8, 4) is 23.1 Å². The van der Waals surface area contributed by atoms with Crippen LogP contribution in [0.4, 0.5) is 0 Å². The van der Waals surface area contributed by atoms with E-state index >= 15 is 0 Å². The Bertz CT molecular complexity index is 1210. The van der Waals surface area contributed by atoms with E-state index in [1.165, 1.54) is 0 Å². The third-order valence-electron chi connectivity index (χ3n) is 6.26. The molecule has 2 aliphatic rings. The Balaban J connectivity index is 0.000000436. The average Bonchev–Trinajstić information content (AvgIpc) is 2.91. The van der Waals surface area contributed by atoms with Crippen LogP contribution in [0, 0.1) is 0 Å². The largest absolute Gasteiger partial charge is 0.496 e. The Morgan fingerprint density at radius 2 is 1.63 bits per heavy atom. The predicted molar refractivity (Wildman–Crippen MR) is 138 cm³/mol. The number of aliphatic carboxylic acids is 2. The van der Waals surface area contributed by atoms with Crippen molar-refractivity contribution < 1.29 is 43.9 Å². The zero-order chi connectivity index (χ0) is 27.8. The Morgan fingerprint density at radius 3 is 2.21 bits per heavy atom. The first-order valence-electron chi connectivity index (χ1n) is 12.1. The highest BCUT2D eigenvalue weighted by Crippen LogP contribution is 2.45. The van der Waals surface area contributed by atoms with Crippen molar-refractivity contribution in [2.45, 2.75) is 44.2 Å². The van der Waals surface area contributed by atoms with Gasteiger partial charge in [-0.3, -0.25) is 4.99 Å². The van der Waals surface area contributed by atoms with Crippen molar-refractivity contribution in [1.29, 1.82) is 0 Å². The van der Waals surface area contributed by atoms with E-state index in [4.69, 9.17) is 34.2 Å². The number of rotatable bonds is 8. The second-order valence-corrected chi connectivity index (χ2v) is 8.58. The second kappa shape index (κ2) is 12.9. The number of fused-ring (bicyclic) bond motifs is 3. The molecule has 11 nitrogen and oxygen atoms in total. The van der Waals surface area contributed by atoms with E-state index in [1.54, 1.807) is 33.6 Å². The molecule has 11 heteroatoms. The van der Waals surface area contributed by atoms with E-state index in [0.717, 1.165) is 35.2 Å². The summed E-state index contributed by atoms with van der Waals surface area (Å²) in [6.45, 7) is 2.50. The smallest absolute Gasteiger partial charge is 0.328 e. The number of aliphatic imine (C=N–C) groups is 1. The maximum absolute atomic E-state index is 10.3. The van der Waals surface area contributed by atoms with Crippen LogP contribution in [0.25, 0.3) is 0 Å². The molecule has 1 aliphatic heterocycles. The number of benzene rings is 1. The molecular formula is C27H32N2O9. The van der Waals surface area contributed by atoms with Crippen LogP contribution in [0.3, 0.4) is 0 Å². The van der Waals surface area contributed by atoms with Gasteiger partial charge in [0.25, 0.3) is 0 Å². The Hall–Kier alpha value is -4.12. The van der Waals surface area contributed by atoms with Crippen molar-refractivity contribution in [2.75, 3.05) is 27.9 Å². The van der Waals surface area contributed by atoms with Crippen molar-refractivity contribution in [3.63, 3.8) is 0 Å². The van der Waals surface area contributed by atoms with Gasteiger partial charge in [-0.15, -0.1) is 0 Å². The zero-order valence-electron chi connectivity index (χ0n) is 21.7. The van der Waals surface area contributed by atoms with E-state index in [-0.39, 0.29) is 18.1 Å². The Labute approximate surface area is 220 Å². The first-order chi connectivity index (χ1) is 18.2. The molecule has 4 rings (SSSR count). The van der Waals surface area contributed by atoms with Crippen LogP contribution in [-0.2, 0) is 9.59 Å². The molecule has 0 radical (unpaired) electrons. The normalized spacial score (nSPS) is 19.7. The van der Waals surface area contributed by atoms with Crippen molar-refractivity contribution in [2.24, 2.45) is 4.99 Å². The van der Waals surface area contributed by atoms with Gasteiger partial charge in [0.15, 0.2) is 11.5 Å². The number of aliphatic hydroxyl groups is 1. The minimum Gasteiger partial charge on any atom is -0.496 e. The van der Waals surface area contributed by atoms with Gasteiger partial charge in [0.1, 0.15) is 5.75 Å². The van der Waals surface area contributed by atoms with Crippen LogP contribution in [-0.4, -0.2) is 78.0 Å². The van der Waals surface area contributed by atoms with Gasteiger partial charge in [-0.25, -0.2) is 14.6 Å². The van der Waals surface area contributed by atoms with Crippen LogP contribution in [0.2, 0.25) is 0 Å². The number of aliphatic hydroxyl groups excluding tert-OH is 1. The second-order valence-electron chi connectivity index (χ2n) is 8.58. The number of carbonyl (C=O) groups is 2. The summed E-state index contributed by atoms with van der Waals surface area (Å²) in [5, 5.41) is 25.9. The third-order valence-corrected chi connectivity index (χ3v) is 6.26. The van der Waals surface area contributed by atoms with Gasteiger partial charge in [0, 0.05) is 35.9 Å². The minimum absolute atomic E-state index is 0.0885. The van der Waals surface area contributed by atoms with Crippen LogP contribution in [0.15, 0.2) is 41.5 Å². The first-order valence-corrected chi connectivity index (χ1v) is 12.1. The number of ether oxygens (including phenoxy) is 4. The van der Waals surface area contributed by atoms with Gasteiger partial charge < -0.3 is 34.3 Å². The molecule has 0 unspecified atom stereocenters. The van der Waals surface area contributed by atoms with Gasteiger partial charge >= 0.3 is 11.9 Å². The van der Waals surface area contributed by atoms with E-state index in [2.05, 4.69) is 4.98 Å². The maximum atomic E-state index is 10.3. The van der Waals surface area contributed by atoms with E-state index in [0.29, 0.717) is 48.3 Å². The summed E-state index contributed by atoms with van der Waals surface area (Å²) in [6.07, 6.45) is 4.80. The summed E-state index contributed by atoms with van der Waals surface area (Å²) >= 11 is 0. The van der Waals surface area contributed by atoms with Crippen LogP contribution < -0.4 is 18.9 Å². The fourth-order valence-electron chi connectivity index (χ4n) is 4.61. The SMILES string of the molecule is CCOc1cc2c(cc1OC)C(c1cnc(OC)cc1OC)=N[C@@H]1CC[C@@H](O)C[C@H]21.O=C(O)/C=C/C(=O)O. The number of carboxylic acids is 2. The van der Waals surface area contributed by atoms with Crippen LogP contribution >= 0.6 is 0 Å². The zero-order valence-corrected chi connectivity index (χ0v) is 21.7. The molecule has 0 amide bonds. The fraction of sp³-hybridized carbons (Fsp3) is 0.407. The highest BCUT2D eigenvalue weighted by atomic mass is 16.5. The van der Waals surface area contributed by atoms with Gasteiger partial charge in [0.2, 0.25) is 5.88 Å². The van der Waals surface area contributed by atoms with E-state index in [1.807, 2.05) is 19.1 Å². The highest BCUT2D eigenvalue weighted by molar-refractivity contribution is 6.16. The molecule has 3 N–H and O–H groups in total. The van der Waals surface area contributed by atoms with E-state index in [9.17, 15) is 14.7 Å². The fourth-order valence-corrected chi connectivity index (χ4v) is 4.61. The molecule has 204 valence electrons. The van der Waals surface area contributed by atoms with Crippen LogP contribution in [0.1, 0.15) is 48.8 Å². The number of carboxylic acid groups (broad SMARTS) is 2. The minimum atomic E-state index is -1.26. The number of methoxy groups -OCH3 is 3. The van der Waals surface area contributed by atoms with Gasteiger partial charge in [-0.1, -0.05) is 0 Å². The standard InChI is InChI=1S/C23H28N2O5.C4H4O4/c1-5-30-21-9-14-15-8-13(26)6-7-18(15)25-23(16(14)10-20(21)28-3)17-12-24-22(29-4)11-19(17)27-2;5-3(6)1-2-4(7)8/h9-13,15,18,26H,5-8H2,1-4H3;1-2H,(H,5,6)(H,7,8)/b;2-1+/t13-,15-,18-;/m1./s1. The molecular weight excluding hydrogens is 496 g/mol. The third kappa shape index (κ3) is 6.60. The molecule has 3 atom stereocenters. The lowest BCUT2D eigenvalue weighted by Gasteiger charge is -2.37. The van der Waals surface area contributed by atoms with Crippen LogP contribution in [0.5, 0.6) is 23.1 Å². The topological polar surface area (TPSA) is 157 Å². The highest BCUT2D eigenvalue weighted by Gasteiger charge is 2.38. The molecule has 1 aliphatic carbocycles. The monoisotopic (exact) mass is 528 g/mol. The molecule has 1 aromatic carbocycles. The number of nitrogens with zero attached hydrogens (tertiary/aromatic N) is 2. The van der Waals surface area contributed by atoms with Crippen molar-refractivity contribution in [3.05, 3.63) is 53.2 Å². The van der Waals surface area contributed by atoms with Gasteiger partial charge in [-0.2, -0.15) is 0 Å². The van der Waals surface area contributed by atoms with Gasteiger partial charge in [-0.05, 0) is 43.9 Å². The summed E-state index contributed by atoms with van der Waals surface area (Å²) in [6, 6.07) is 5.87. The lowest BCUT2D eigenvalue weighted by molar-refractivity contribution is -0.134. The summed E-state index contributed by atoms with van der Waals surface area (Å²) in [5.74, 6) is 0.107. The summed E-state index contributed by atoms with van der Waals surface area (Å²) in [4.78, 5) is 28.6. The number of hydrogen-bond acceptors (Lipinski definition) is 9. The molecule has 2 heterocycles. The molecule has 1 fully saturated rings. The van der Waals surface area contributed by atoms with E-state index < -0.39 is 11.9 Å². The Kier molecular flexibility index (Phi) is 9.66. The molecule has 1 aromatic heterocycles. The number of pyridine rings is 1. The summed E-state index contributed by atoms with van der Waals surface area (Å²) < 4.78 is 22.3. The van der Waals surface area contributed by atoms with Crippen molar-refractivity contribution >= 4 is 17.7 Å². The first kappa shape index (κ1) is 28.5. The summed E-state index contributed by atoms with van der Waals surface area (Å²) in [7, 11) is 4.83. The molecule has 0 spiro atoms. The average molecular weight is 529 g/mol.